The second-order valence-electron chi connectivity index (χ2n) is 6.12. The Morgan fingerprint density at radius 3 is 2.41 bits per heavy atom. The number of amides is 1. The van der Waals surface area contributed by atoms with E-state index >= 15 is 0 Å². The molecule has 3 N–H and O–H groups in total. The fraction of sp³-hybridized carbons (Fsp3) is 0.238. The van der Waals surface area contributed by atoms with E-state index in [1.54, 1.807) is 19.2 Å². The molecule has 0 aliphatic rings. The number of hydrogen-bond donors (Lipinski definition) is 3. The van der Waals surface area contributed by atoms with Crippen LogP contribution in [0.3, 0.4) is 0 Å². The summed E-state index contributed by atoms with van der Waals surface area (Å²) in [6.07, 6.45) is 0. The van der Waals surface area contributed by atoms with E-state index < -0.39 is 0 Å². The SMILES string of the molecule is CN=C(NCCNC(=O)c1ccccc1)NCc1oc2ccccc2c1C. The number of para-hydroxylation sites is 1. The standard InChI is InChI=1S/C21H24N4O2/c1-15-17-10-6-7-11-18(17)27-19(15)14-25-21(22-2)24-13-12-23-20(26)16-8-4-3-5-9-16/h3-11H,12-14H2,1-2H3,(H,23,26)(H2,22,24,25). The summed E-state index contributed by atoms with van der Waals surface area (Å²) in [5.74, 6) is 1.46. The molecule has 0 saturated carbocycles. The van der Waals surface area contributed by atoms with Gasteiger partial charge in [0, 0.05) is 36.7 Å². The molecule has 0 atom stereocenters. The van der Waals surface area contributed by atoms with Crippen LogP contribution >= 0.6 is 0 Å². The van der Waals surface area contributed by atoms with Crippen molar-refractivity contribution in [2.75, 3.05) is 20.1 Å². The number of carbonyl (C=O) groups is 1. The third-order valence-corrected chi connectivity index (χ3v) is 4.32. The molecule has 0 bridgehead atoms. The summed E-state index contributed by atoms with van der Waals surface area (Å²) in [7, 11) is 1.71. The first-order valence-corrected chi connectivity index (χ1v) is 8.94. The second kappa shape index (κ2) is 8.89. The molecule has 0 aliphatic heterocycles. The quantitative estimate of drug-likeness (QED) is 0.357. The van der Waals surface area contributed by atoms with Crippen molar-refractivity contribution >= 4 is 22.8 Å². The number of benzene rings is 2. The van der Waals surface area contributed by atoms with Crippen LogP contribution in [0.4, 0.5) is 0 Å². The van der Waals surface area contributed by atoms with Crippen LogP contribution in [0.15, 0.2) is 64.0 Å². The van der Waals surface area contributed by atoms with Gasteiger partial charge in [0.15, 0.2) is 5.96 Å². The van der Waals surface area contributed by atoms with E-state index in [0.717, 1.165) is 22.3 Å². The van der Waals surface area contributed by atoms with Gasteiger partial charge in [-0.15, -0.1) is 0 Å². The maximum absolute atomic E-state index is 12.0. The van der Waals surface area contributed by atoms with Crippen molar-refractivity contribution in [3.8, 4) is 0 Å². The van der Waals surface area contributed by atoms with Crippen molar-refractivity contribution in [2.45, 2.75) is 13.5 Å². The molecule has 0 unspecified atom stereocenters. The summed E-state index contributed by atoms with van der Waals surface area (Å²) < 4.78 is 5.90. The van der Waals surface area contributed by atoms with Crippen molar-refractivity contribution in [1.29, 1.82) is 0 Å². The fourth-order valence-electron chi connectivity index (χ4n) is 2.83. The molecular formula is C21H24N4O2. The summed E-state index contributed by atoms with van der Waals surface area (Å²) in [6.45, 7) is 3.66. The van der Waals surface area contributed by atoms with Crippen LogP contribution in [0.25, 0.3) is 11.0 Å². The van der Waals surface area contributed by atoms with E-state index in [0.29, 0.717) is 31.2 Å². The molecule has 0 radical (unpaired) electrons. The number of guanidine groups is 1. The maximum Gasteiger partial charge on any atom is 0.251 e. The van der Waals surface area contributed by atoms with E-state index in [1.165, 1.54) is 0 Å². The largest absolute Gasteiger partial charge is 0.459 e. The van der Waals surface area contributed by atoms with Crippen LogP contribution in [0.1, 0.15) is 21.7 Å². The number of fused-ring (bicyclic) bond motifs is 1. The molecule has 140 valence electrons. The smallest absolute Gasteiger partial charge is 0.251 e. The average molecular weight is 364 g/mol. The van der Waals surface area contributed by atoms with E-state index in [2.05, 4.69) is 33.9 Å². The van der Waals surface area contributed by atoms with E-state index in [4.69, 9.17) is 4.42 Å². The number of hydrogen-bond acceptors (Lipinski definition) is 3. The molecule has 0 fully saturated rings. The van der Waals surface area contributed by atoms with Gasteiger partial charge in [0.05, 0.1) is 6.54 Å². The Hall–Kier alpha value is -3.28. The third-order valence-electron chi connectivity index (χ3n) is 4.32. The molecule has 1 heterocycles. The van der Waals surface area contributed by atoms with Gasteiger partial charge in [-0.1, -0.05) is 36.4 Å². The molecule has 3 rings (SSSR count). The summed E-state index contributed by atoms with van der Waals surface area (Å²) >= 11 is 0. The first-order valence-electron chi connectivity index (χ1n) is 8.94. The lowest BCUT2D eigenvalue weighted by atomic mass is 10.1. The van der Waals surface area contributed by atoms with Crippen molar-refractivity contribution in [1.82, 2.24) is 16.0 Å². The van der Waals surface area contributed by atoms with Gasteiger partial charge >= 0.3 is 0 Å². The summed E-state index contributed by atoms with van der Waals surface area (Å²) in [5, 5.41) is 10.4. The van der Waals surface area contributed by atoms with Gasteiger partial charge in [-0.2, -0.15) is 0 Å². The lowest BCUT2D eigenvalue weighted by Gasteiger charge is -2.12. The number of rotatable bonds is 6. The highest BCUT2D eigenvalue weighted by Crippen LogP contribution is 2.24. The highest BCUT2D eigenvalue weighted by molar-refractivity contribution is 5.94. The molecule has 3 aromatic rings. The van der Waals surface area contributed by atoms with E-state index in [1.807, 2.05) is 36.4 Å². The van der Waals surface area contributed by atoms with Gasteiger partial charge in [0.2, 0.25) is 0 Å². The van der Waals surface area contributed by atoms with Crippen molar-refractivity contribution in [3.63, 3.8) is 0 Å². The second-order valence-corrected chi connectivity index (χ2v) is 6.12. The van der Waals surface area contributed by atoms with Gasteiger partial charge < -0.3 is 20.4 Å². The minimum absolute atomic E-state index is 0.0850. The lowest BCUT2D eigenvalue weighted by molar-refractivity contribution is 0.0954. The van der Waals surface area contributed by atoms with Crippen LogP contribution in [-0.2, 0) is 6.54 Å². The van der Waals surface area contributed by atoms with Gasteiger partial charge in [0.25, 0.3) is 5.91 Å². The first kappa shape index (κ1) is 18.5. The Morgan fingerprint density at radius 2 is 1.67 bits per heavy atom. The Bertz CT molecular complexity index is 932. The van der Waals surface area contributed by atoms with Gasteiger partial charge in [-0.05, 0) is 25.1 Å². The van der Waals surface area contributed by atoms with Crippen LogP contribution in [-0.4, -0.2) is 32.0 Å². The van der Waals surface area contributed by atoms with Gasteiger partial charge in [-0.3, -0.25) is 9.79 Å². The normalized spacial score (nSPS) is 11.4. The van der Waals surface area contributed by atoms with Crippen LogP contribution in [0.5, 0.6) is 0 Å². The number of aliphatic imine (C=N–C) groups is 1. The van der Waals surface area contributed by atoms with Crippen LogP contribution in [0, 0.1) is 6.92 Å². The highest BCUT2D eigenvalue weighted by Gasteiger charge is 2.10. The molecule has 0 aliphatic carbocycles. The van der Waals surface area contributed by atoms with Crippen LogP contribution in [0.2, 0.25) is 0 Å². The fourth-order valence-corrected chi connectivity index (χ4v) is 2.83. The molecule has 27 heavy (non-hydrogen) atoms. The molecule has 6 nitrogen and oxygen atoms in total. The minimum atomic E-state index is -0.0850. The monoisotopic (exact) mass is 364 g/mol. The third kappa shape index (κ3) is 4.67. The molecule has 1 aromatic heterocycles. The van der Waals surface area contributed by atoms with Crippen molar-refractivity contribution in [3.05, 3.63) is 71.5 Å². The Kier molecular flexibility index (Phi) is 6.10. The number of aryl methyl sites for hydroxylation is 1. The predicted molar refractivity (Wildman–Crippen MR) is 108 cm³/mol. The van der Waals surface area contributed by atoms with Gasteiger partial charge in [0.1, 0.15) is 11.3 Å². The lowest BCUT2D eigenvalue weighted by Crippen LogP contribution is -2.41. The molecule has 2 aromatic carbocycles. The first-order chi connectivity index (χ1) is 13.2. The van der Waals surface area contributed by atoms with Crippen molar-refractivity contribution < 1.29 is 9.21 Å². The average Bonchev–Trinajstić information content (AvgIpc) is 3.04. The highest BCUT2D eigenvalue weighted by atomic mass is 16.3. The maximum atomic E-state index is 12.0. The van der Waals surface area contributed by atoms with Crippen LogP contribution < -0.4 is 16.0 Å². The summed E-state index contributed by atoms with van der Waals surface area (Å²) in [4.78, 5) is 16.2. The topological polar surface area (TPSA) is 78.7 Å². The molecule has 1 amide bonds. The predicted octanol–water partition coefficient (Wildman–Crippen LogP) is 2.84. The molecule has 0 spiro atoms. The number of nitrogens with zero attached hydrogens (tertiary/aromatic N) is 1. The number of carbonyl (C=O) groups excluding carboxylic acids is 1. The van der Waals surface area contributed by atoms with Gasteiger partial charge in [-0.25, -0.2) is 0 Å². The number of nitrogens with one attached hydrogen (secondary N) is 3. The molecule has 0 saturated heterocycles. The summed E-state index contributed by atoms with van der Waals surface area (Å²) in [5.41, 5.74) is 2.67. The molecular weight excluding hydrogens is 340 g/mol. The number of furan rings is 1. The minimum Gasteiger partial charge on any atom is -0.459 e. The summed E-state index contributed by atoms with van der Waals surface area (Å²) in [6, 6.07) is 17.2. The molecule has 6 heteroatoms. The van der Waals surface area contributed by atoms with E-state index in [-0.39, 0.29) is 5.91 Å². The Balaban J connectivity index is 1.45. The Morgan fingerprint density at radius 1 is 0.963 bits per heavy atom. The van der Waals surface area contributed by atoms with Crippen molar-refractivity contribution in [2.24, 2.45) is 4.99 Å². The van der Waals surface area contributed by atoms with E-state index in [9.17, 15) is 4.79 Å². The zero-order chi connectivity index (χ0) is 19.1. The zero-order valence-electron chi connectivity index (χ0n) is 15.6. The zero-order valence-corrected chi connectivity index (χ0v) is 15.6. The Labute approximate surface area is 158 Å².